The number of aryl methyl sites for hydroxylation is 3. The van der Waals surface area contributed by atoms with Crippen molar-refractivity contribution >= 4 is 63.6 Å². The molecule has 0 spiro atoms. The average Bonchev–Trinajstić information content (AvgIpc) is 4.12. The van der Waals surface area contributed by atoms with Gasteiger partial charge in [-0.25, -0.2) is 9.97 Å². The van der Waals surface area contributed by atoms with Gasteiger partial charge in [0.25, 0.3) is 5.91 Å². The molecule has 0 saturated carbocycles. The zero-order valence-corrected chi connectivity index (χ0v) is 42.8. The van der Waals surface area contributed by atoms with Crippen LogP contribution in [0.3, 0.4) is 0 Å². The molecule has 0 bridgehead atoms. The molecule has 71 heavy (non-hydrogen) atoms. The molecule has 3 aliphatic rings. The zero-order valence-electron chi connectivity index (χ0n) is 41.1. The van der Waals surface area contributed by atoms with Crippen molar-refractivity contribution in [1.82, 2.24) is 40.3 Å². The number of aliphatic carboxylic acids is 1. The van der Waals surface area contributed by atoms with Gasteiger partial charge in [0.1, 0.15) is 34.8 Å². The molecule has 4 aromatic heterocycles. The van der Waals surface area contributed by atoms with Crippen molar-refractivity contribution in [2.45, 2.75) is 98.5 Å². The lowest BCUT2D eigenvalue weighted by Gasteiger charge is -2.37. The third-order valence-corrected chi connectivity index (χ3v) is 15.9. The summed E-state index contributed by atoms with van der Waals surface area (Å²) in [6.45, 7) is 18.2. The number of thiazole rings is 1. The second-order valence-electron chi connectivity index (χ2n) is 19.7. The number of benzene rings is 2. The van der Waals surface area contributed by atoms with Crippen molar-refractivity contribution in [3.8, 4) is 15.4 Å². The monoisotopic (exact) mass is 997 g/mol. The van der Waals surface area contributed by atoms with Crippen LogP contribution in [0.1, 0.15) is 107 Å². The van der Waals surface area contributed by atoms with E-state index in [0.29, 0.717) is 30.3 Å². The summed E-state index contributed by atoms with van der Waals surface area (Å²) in [4.78, 5) is 76.2. The Balaban J connectivity index is 0.821. The van der Waals surface area contributed by atoms with Crippen molar-refractivity contribution in [2.24, 2.45) is 10.4 Å². The van der Waals surface area contributed by atoms with Crippen LogP contribution in [0.15, 0.2) is 77.4 Å². The molecule has 0 radical (unpaired) electrons. The summed E-state index contributed by atoms with van der Waals surface area (Å²) in [7, 11) is 0. The number of carboxylic acid groups (broad SMARTS) is 1. The van der Waals surface area contributed by atoms with Crippen LogP contribution >= 0.6 is 22.7 Å². The maximum atomic E-state index is 14.3. The van der Waals surface area contributed by atoms with Gasteiger partial charge in [0, 0.05) is 67.0 Å². The molecule has 7 heterocycles. The van der Waals surface area contributed by atoms with Crippen LogP contribution in [0.4, 0.5) is 11.5 Å². The number of anilines is 2. The van der Waals surface area contributed by atoms with E-state index in [1.54, 1.807) is 28.7 Å². The number of carbonyl (C=O) groups is 4. The molecule has 9 rings (SSSR count). The smallest absolute Gasteiger partial charge is 0.306 e. The van der Waals surface area contributed by atoms with Crippen LogP contribution in [0, 0.1) is 33.1 Å². The number of aliphatic hydroxyl groups excluding tert-OH is 1. The van der Waals surface area contributed by atoms with Gasteiger partial charge in [-0.2, -0.15) is 0 Å². The highest BCUT2D eigenvalue weighted by atomic mass is 32.1. The van der Waals surface area contributed by atoms with Gasteiger partial charge in [-0.1, -0.05) is 57.2 Å². The van der Waals surface area contributed by atoms with Crippen LogP contribution in [-0.4, -0.2) is 120 Å². The number of pyridine rings is 1. The summed E-state index contributed by atoms with van der Waals surface area (Å²) in [6, 6.07) is 16.8. The van der Waals surface area contributed by atoms with Crippen LogP contribution in [0.5, 0.6) is 0 Å². The van der Waals surface area contributed by atoms with Gasteiger partial charge in [-0.15, -0.1) is 32.9 Å². The number of amides is 3. The molecule has 2 aromatic carbocycles. The van der Waals surface area contributed by atoms with E-state index < -0.39 is 47.4 Å². The molecule has 3 amide bonds. The molecule has 6 aromatic rings. The topological polar surface area (TPSA) is 211 Å². The maximum Gasteiger partial charge on any atom is 0.306 e. The quantitative estimate of drug-likeness (QED) is 0.100. The number of hydrogen-bond acceptors (Lipinski definition) is 14. The Bertz CT molecular complexity index is 3000. The summed E-state index contributed by atoms with van der Waals surface area (Å²) in [5.41, 5.74) is 9.02. The van der Waals surface area contributed by atoms with E-state index >= 15 is 0 Å². The second kappa shape index (κ2) is 19.8. The molecule has 3 aliphatic heterocycles. The number of carbonyl (C=O) groups excluding carboxylic acids is 3. The molecule has 19 heteroatoms. The predicted molar refractivity (Wildman–Crippen MR) is 275 cm³/mol. The van der Waals surface area contributed by atoms with Crippen LogP contribution in [-0.2, 0) is 14.4 Å². The van der Waals surface area contributed by atoms with E-state index in [-0.39, 0.29) is 31.3 Å². The van der Waals surface area contributed by atoms with Crippen molar-refractivity contribution in [1.29, 1.82) is 0 Å². The SMILES string of the molecule is Cc1ncsc1-c1ccc(C(C)NC(=O)[C@@H]2C[C@@H](O)CN2C(=O)C(NC(=O)c2ccc(N3CCN(c4ccc(C5=N[C@@H](CC(=O)O)c6nnc(C)n6-c6sc(C)c(C)c65)cc4)CC3)nc2)C(C)(C)C)cc1. The lowest BCUT2D eigenvalue weighted by Crippen LogP contribution is -2.57. The molecule has 2 unspecified atom stereocenters. The van der Waals surface area contributed by atoms with Crippen LogP contribution in [0.2, 0.25) is 0 Å². The second-order valence-corrected chi connectivity index (χ2v) is 21.8. The summed E-state index contributed by atoms with van der Waals surface area (Å²) in [5.74, 6) is -0.310. The highest BCUT2D eigenvalue weighted by Gasteiger charge is 2.45. The fourth-order valence-electron chi connectivity index (χ4n) is 9.65. The van der Waals surface area contributed by atoms with E-state index in [9.17, 15) is 29.4 Å². The van der Waals surface area contributed by atoms with E-state index in [1.165, 1.54) is 11.1 Å². The molecule has 17 nitrogen and oxygen atoms in total. The van der Waals surface area contributed by atoms with Gasteiger partial charge in [0.05, 0.1) is 45.9 Å². The number of aromatic nitrogens is 5. The lowest BCUT2D eigenvalue weighted by atomic mass is 9.85. The zero-order chi connectivity index (χ0) is 50.5. The summed E-state index contributed by atoms with van der Waals surface area (Å²) >= 11 is 3.21. The minimum atomic E-state index is -1.00. The standard InChI is InChI=1S/C52H59N11O6S2/c1-28-31(4)71-51-43(28)44(56-39(24-42(65)66)47-59-58-32(5)63(47)51)34-13-16-37(17-14-34)60-19-21-61(22-20-60)41-18-15-36(25-53-41)48(67)57-46(52(6,7)8)50(69)62-26-38(64)23-40(62)49(68)55-29(2)33-9-11-35(12-10-33)45-30(3)54-27-70-45/h9-18,25,27,29,38-40,46,64H,19-24,26H2,1-8H3,(H,55,68)(H,57,67)(H,65,66)/t29?,38-,39+,40+,46?/m1/s1. The number of thiophene rings is 1. The third-order valence-electron chi connectivity index (χ3n) is 13.8. The number of hydrogen-bond donors (Lipinski definition) is 4. The molecule has 0 aliphatic carbocycles. The fourth-order valence-corrected chi connectivity index (χ4v) is 11.7. The first-order valence-electron chi connectivity index (χ1n) is 23.8. The number of β-amino-alcohol motifs (C(OH)–C–C–N with tert-alkyl or cyclic N) is 1. The molecular formula is C52H59N11O6S2. The van der Waals surface area contributed by atoms with Gasteiger partial charge in [-0.3, -0.25) is 28.7 Å². The molecule has 370 valence electrons. The number of rotatable bonds is 12. The highest BCUT2D eigenvalue weighted by Crippen LogP contribution is 2.40. The molecule has 2 saturated heterocycles. The van der Waals surface area contributed by atoms with Gasteiger partial charge < -0.3 is 35.5 Å². The van der Waals surface area contributed by atoms with Crippen molar-refractivity contribution in [3.63, 3.8) is 0 Å². The Kier molecular flexibility index (Phi) is 13.7. The first-order chi connectivity index (χ1) is 33.9. The number of fused-ring (bicyclic) bond motifs is 3. The Morgan fingerprint density at radius 2 is 1.55 bits per heavy atom. The Morgan fingerprint density at radius 3 is 2.18 bits per heavy atom. The Hall–Kier alpha value is -6.83. The van der Waals surface area contributed by atoms with E-state index in [1.807, 2.05) is 82.0 Å². The fraction of sp³-hybridized carbons (Fsp3) is 0.404. The van der Waals surface area contributed by atoms with E-state index in [4.69, 9.17) is 4.99 Å². The van der Waals surface area contributed by atoms with E-state index in [0.717, 1.165) is 78.6 Å². The van der Waals surface area contributed by atoms with E-state index in [2.05, 4.69) is 78.7 Å². The van der Waals surface area contributed by atoms with Gasteiger partial charge in [0.2, 0.25) is 11.8 Å². The van der Waals surface area contributed by atoms with Gasteiger partial charge in [-0.05, 0) is 81.0 Å². The minimum Gasteiger partial charge on any atom is -0.481 e. The third kappa shape index (κ3) is 9.94. The molecule has 2 fully saturated rings. The molecule has 5 atom stereocenters. The lowest BCUT2D eigenvalue weighted by molar-refractivity contribution is -0.142. The first-order valence-corrected chi connectivity index (χ1v) is 25.5. The summed E-state index contributed by atoms with van der Waals surface area (Å²) < 4.78 is 1.95. The first kappa shape index (κ1) is 49.2. The summed E-state index contributed by atoms with van der Waals surface area (Å²) in [5, 5.41) is 36.2. The highest BCUT2D eigenvalue weighted by molar-refractivity contribution is 7.15. The average molecular weight is 998 g/mol. The number of piperazine rings is 1. The van der Waals surface area contributed by atoms with Crippen LogP contribution < -0.4 is 20.4 Å². The van der Waals surface area contributed by atoms with Crippen molar-refractivity contribution in [2.75, 3.05) is 42.5 Å². The minimum absolute atomic E-state index is 0.0283. The van der Waals surface area contributed by atoms with Gasteiger partial charge in [0.15, 0.2) is 5.82 Å². The number of carboxylic acids is 1. The number of likely N-dealkylation sites (tertiary alicyclic amines) is 1. The largest absolute Gasteiger partial charge is 0.481 e. The maximum absolute atomic E-state index is 14.3. The number of aliphatic imine (C=N–C) groups is 1. The molecular weight excluding hydrogens is 939 g/mol. The van der Waals surface area contributed by atoms with Crippen molar-refractivity contribution in [3.05, 3.63) is 122 Å². The number of nitrogens with zero attached hydrogens (tertiary/aromatic N) is 9. The number of nitrogens with one attached hydrogen (secondary N) is 2. The Morgan fingerprint density at radius 1 is 0.859 bits per heavy atom. The predicted octanol–water partition coefficient (Wildman–Crippen LogP) is 6.76. The van der Waals surface area contributed by atoms with Crippen LogP contribution in [0.25, 0.3) is 15.4 Å². The normalized spacial score (nSPS) is 18.8. The summed E-state index contributed by atoms with van der Waals surface area (Å²) in [6.07, 6.45) is 0.505. The molecule has 4 N–H and O–H groups in total. The van der Waals surface area contributed by atoms with Crippen molar-refractivity contribution < 1.29 is 29.4 Å². The van der Waals surface area contributed by atoms with Gasteiger partial charge >= 0.3 is 5.97 Å². The number of aliphatic hydroxyl groups is 1. The Labute approximate surface area is 420 Å².